The smallest absolute Gasteiger partial charge is 0.344 e. The van der Waals surface area contributed by atoms with Gasteiger partial charge in [-0.1, -0.05) is 0 Å². The molecule has 1 aromatic carbocycles. The molecule has 5 heteroatoms. The van der Waals surface area contributed by atoms with Gasteiger partial charge in [-0.25, -0.2) is 9.59 Å². The van der Waals surface area contributed by atoms with E-state index in [0.29, 0.717) is 16.9 Å². The van der Waals surface area contributed by atoms with Crippen molar-refractivity contribution in [3.05, 3.63) is 28.8 Å². The molecule has 0 spiro atoms. The van der Waals surface area contributed by atoms with E-state index in [0.717, 1.165) is 0 Å². The summed E-state index contributed by atoms with van der Waals surface area (Å²) in [6.07, 6.45) is -0.969. The molecule has 0 radical (unpaired) electrons. The van der Waals surface area contributed by atoms with Crippen LogP contribution in [0, 0.1) is 13.8 Å². The third-order valence-corrected chi connectivity index (χ3v) is 2.35. The van der Waals surface area contributed by atoms with Crippen molar-refractivity contribution in [2.45, 2.75) is 26.9 Å². The van der Waals surface area contributed by atoms with Crippen LogP contribution >= 0.6 is 0 Å². The molecule has 5 nitrogen and oxygen atoms in total. The molecular weight excluding hydrogens is 224 g/mol. The Labute approximate surface area is 98.6 Å². The predicted octanol–water partition coefficient (Wildman–Crippen LogP) is 1.85. The van der Waals surface area contributed by atoms with Crippen LogP contribution in [0.4, 0.5) is 0 Å². The number of hydrogen-bond donors (Lipinski definition) is 2. The van der Waals surface area contributed by atoms with E-state index in [2.05, 4.69) is 0 Å². The van der Waals surface area contributed by atoms with Crippen molar-refractivity contribution in [3.8, 4) is 5.75 Å². The van der Waals surface area contributed by atoms with E-state index in [1.807, 2.05) is 0 Å². The summed E-state index contributed by atoms with van der Waals surface area (Å²) in [4.78, 5) is 21.5. The van der Waals surface area contributed by atoms with Gasteiger partial charge in [-0.2, -0.15) is 0 Å². The van der Waals surface area contributed by atoms with Gasteiger partial charge in [-0.05, 0) is 44.0 Å². The summed E-state index contributed by atoms with van der Waals surface area (Å²) in [6, 6.07) is 2.92. The number of aryl methyl sites for hydroxylation is 2. The van der Waals surface area contributed by atoms with Crippen molar-refractivity contribution < 1.29 is 24.5 Å². The summed E-state index contributed by atoms with van der Waals surface area (Å²) in [5, 5.41) is 17.6. The van der Waals surface area contributed by atoms with E-state index >= 15 is 0 Å². The number of benzene rings is 1. The number of carbonyl (C=O) groups is 2. The highest BCUT2D eigenvalue weighted by atomic mass is 16.5. The molecule has 92 valence electrons. The molecule has 1 rings (SSSR count). The highest BCUT2D eigenvalue weighted by molar-refractivity contribution is 5.88. The maximum absolute atomic E-state index is 10.8. The van der Waals surface area contributed by atoms with Crippen molar-refractivity contribution in [3.63, 3.8) is 0 Å². The molecule has 17 heavy (non-hydrogen) atoms. The molecule has 0 saturated carbocycles. The Balaban J connectivity index is 3.10. The second kappa shape index (κ2) is 4.86. The van der Waals surface area contributed by atoms with Gasteiger partial charge in [0.1, 0.15) is 5.75 Å². The van der Waals surface area contributed by atoms with E-state index in [9.17, 15) is 9.59 Å². The molecule has 0 aliphatic heterocycles. The first-order valence-electron chi connectivity index (χ1n) is 5.07. The molecule has 1 unspecified atom stereocenters. The average Bonchev–Trinajstić information content (AvgIpc) is 2.22. The zero-order chi connectivity index (χ0) is 13.2. The molecule has 0 aromatic heterocycles. The number of hydrogen-bond acceptors (Lipinski definition) is 3. The molecule has 0 saturated heterocycles. The van der Waals surface area contributed by atoms with Gasteiger partial charge in [-0.15, -0.1) is 0 Å². The lowest BCUT2D eigenvalue weighted by atomic mass is 10.1. The summed E-state index contributed by atoms with van der Waals surface area (Å²) >= 11 is 0. The Morgan fingerprint density at radius 3 is 2.00 bits per heavy atom. The summed E-state index contributed by atoms with van der Waals surface area (Å²) < 4.78 is 5.28. The first kappa shape index (κ1) is 13.0. The molecule has 0 aliphatic rings. The van der Waals surface area contributed by atoms with Crippen molar-refractivity contribution in [2.75, 3.05) is 0 Å². The molecule has 0 aliphatic carbocycles. The number of carboxylic acids is 2. The Hall–Kier alpha value is -2.04. The number of aliphatic carboxylic acids is 1. The molecule has 0 heterocycles. The maximum atomic E-state index is 10.8. The standard InChI is InChI=1S/C12H14O5/c1-6-4-9(12(15)16)5-7(2)10(6)17-8(3)11(13)14/h4-5,8H,1-3H3,(H,13,14)(H,15,16). The number of aromatic carboxylic acids is 1. The first-order valence-corrected chi connectivity index (χ1v) is 5.07. The van der Waals surface area contributed by atoms with Gasteiger partial charge < -0.3 is 14.9 Å². The minimum atomic E-state index is -1.06. The molecule has 1 aromatic rings. The summed E-state index contributed by atoms with van der Waals surface area (Å²) in [5.74, 6) is -1.66. The second-order valence-electron chi connectivity index (χ2n) is 3.84. The highest BCUT2D eigenvalue weighted by Crippen LogP contribution is 2.25. The van der Waals surface area contributed by atoms with Crippen LogP contribution in [-0.2, 0) is 4.79 Å². The van der Waals surface area contributed by atoms with Crippen molar-refractivity contribution in [2.24, 2.45) is 0 Å². The minimum absolute atomic E-state index is 0.162. The SMILES string of the molecule is Cc1cc(C(=O)O)cc(C)c1OC(C)C(=O)O. The molecule has 1 atom stereocenters. The van der Waals surface area contributed by atoms with Crippen molar-refractivity contribution in [1.82, 2.24) is 0 Å². The Bertz CT molecular complexity index is 441. The van der Waals surface area contributed by atoms with Crippen molar-refractivity contribution >= 4 is 11.9 Å². The zero-order valence-corrected chi connectivity index (χ0v) is 9.85. The lowest BCUT2D eigenvalue weighted by molar-refractivity contribution is -0.144. The van der Waals surface area contributed by atoms with Crippen LogP contribution in [0.1, 0.15) is 28.4 Å². The van der Waals surface area contributed by atoms with Crippen LogP contribution in [0.15, 0.2) is 12.1 Å². The van der Waals surface area contributed by atoms with Crippen molar-refractivity contribution in [1.29, 1.82) is 0 Å². The Morgan fingerprint density at radius 2 is 1.65 bits per heavy atom. The highest BCUT2D eigenvalue weighted by Gasteiger charge is 2.17. The monoisotopic (exact) mass is 238 g/mol. The molecule has 0 bridgehead atoms. The van der Waals surface area contributed by atoms with Gasteiger partial charge in [0.25, 0.3) is 0 Å². The van der Waals surface area contributed by atoms with Gasteiger partial charge in [0.2, 0.25) is 0 Å². The van der Waals surface area contributed by atoms with E-state index in [4.69, 9.17) is 14.9 Å². The Morgan fingerprint density at radius 1 is 1.18 bits per heavy atom. The fourth-order valence-electron chi connectivity index (χ4n) is 1.49. The lowest BCUT2D eigenvalue weighted by Gasteiger charge is -2.15. The van der Waals surface area contributed by atoms with Gasteiger partial charge in [0, 0.05) is 0 Å². The number of ether oxygens (including phenoxy) is 1. The molecule has 0 amide bonds. The third kappa shape index (κ3) is 2.96. The van der Waals surface area contributed by atoms with Crippen LogP contribution in [0.2, 0.25) is 0 Å². The quantitative estimate of drug-likeness (QED) is 0.836. The number of rotatable bonds is 4. The van der Waals surface area contributed by atoms with Crippen LogP contribution in [-0.4, -0.2) is 28.3 Å². The minimum Gasteiger partial charge on any atom is -0.479 e. The summed E-state index contributed by atoms with van der Waals surface area (Å²) in [5.41, 5.74) is 1.38. The maximum Gasteiger partial charge on any atom is 0.344 e. The first-order chi connectivity index (χ1) is 7.82. The lowest BCUT2D eigenvalue weighted by Crippen LogP contribution is -2.23. The fourth-order valence-corrected chi connectivity index (χ4v) is 1.49. The fraction of sp³-hybridized carbons (Fsp3) is 0.333. The zero-order valence-electron chi connectivity index (χ0n) is 9.85. The van der Waals surface area contributed by atoms with E-state index in [1.54, 1.807) is 13.8 Å². The van der Waals surface area contributed by atoms with Gasteiger partial charge >= 0.3 is 11.9 Å². The molecule has 2 N–H and O–H groups in total. The van der Waals surface area contributed by atoms with E-state index < -0.39 is 18.0 Å². The second-order valence-corrected chi connectivity index (χ2v) is 3.84. The molecular formula is C12H14O5. The van der Waals surface area contributed by atoms with Crippen LogP contribution < -0.4 is 4.74 Å². The topological polar surface area (TPSA) is 83.8 Å². The number of carboxylic acid groups (broad SMARTS) is 2. The largest absolute Gasteiger partial charge is 0.479 e. The van der Waals surface area contributed by atoms with Gasteiger partial charge in [-0.3, -0.25) is 0 Å². The predicted molar refractivity (Wildman–Crippen MR) is 60.6 cm³/mol. The van der Waals surface area contributed by atoms with E-state index in [1.165, 1.54) is 19.1 Å². The third-order valence-electron chi connectivity index (χ3n) is 2.35. The normalized spacial score (nSPS) is 11.9. The van der Waals surface area contributed by atoms with Gasteiger partial charge in [0.05, 0.1) is 5.56 Å². The van der Waals surface area contributed by atoms with Crippen LogP contribution in [0.25, 0.3) is 0 Å². The average molecular weight is 238 g/mol. The summed E-state index contributed by atoms with van der Waals surface area (Å²) in [6.45, 7) is 4.79. The molecule has 0 fully saturated rings. The van der Waals surface area contributed by atoms with Gasteiger partial charge in [0.15, 0.2) is 6.10 Å². The Kier molecular flexibility index (Phi) is 3.73. The van der Waals surface area contributed by atoms with E-state index in [-0.39, 0.29) is 5.56 Å². The summed E-state index contributed by atoms with van der Waals surface area (Å²) in [7, 11) is 0. The van der Waals surface area contributed by atoms with Crippen LogP contribution in [0.3, 0.4) is 0 Å². The van der Waals surface area contributed by atoms with Crippen LogP contribution in [0.5, 0.6) is 5.75 Å².